The van der Waals surface area contributed by atoms with Gasteiger partial charge >= 0.3 is 0 Å². The van der Waals surface area contributed by atoms with E-state index in [0.717, 1.165) is 6.42 Å². The average molecular weight is 357 g/mol. The molecule has 4 heteroatoms. The van der Waals surface area contributed by atoms with Crippen LogP contribution in [0.1, 0.15) is 73.6 Å². The zero-order chi connectivity index (χ0) is 18.4. The number of unbranched alkanes of at least 4 members (excludes halogenated alkanes) is 4. The Morgan fingerprint density at radius 3 is 2.33 bits per heavy atom. The smallest absolute Gasteiger partial charge is 0.192 e. The summed E-state index contributed by atoms with van der Waals surface area (Å²) in [4.78, 5) is 0. The van der Waals surface area contributed by atoms with Crippen LogP contribution in [0.5, 0.6) is 0 Å². The van der Waals surface area contributed by atoms with E-state index in [1.54, 1.807) is 0 Å². The van der Waals surface area contributed by atoms with Crippen molar-refractivity contribution in [3.8, 4) is 0 Å². The summed E-state index contributed by atoms with van der Waals surface area (Å²) in [6.45, 7) is 18.2. The lowest BCUT2D eigenvalue weighted by molar-refractivity contribution is -0.145. The Kier molecular flexibility index (Phi) is 8.18. The van der Waals surface area contributed by atoms with E-state index in [1.807, 2.05) is 13.8 Å². The van der Waals surface area contributed by atoms with Crippen LogP contribution in [0.15, 0.2) is 12.2 Å². The van der Waals surface area contributed by atoms with Crippen LogP contribution in [0.3, 0.4) is 0 Å². The summed E-state index contributed by atoms with van der Waals surface area (Å²) in [5.41, 5.74) is 0. The molecule has 0 spiro atoms. The summed E-state index contributed by atoms with van der Waals surface area (Å²) in [7, 11) is -1.76. The molecule has 0 aromatic carbocycles. The van der Waals surface area contributed by atoms with Crippen molar-refractivity contribution in [2.45, 2.75) is 110 Å². The van der Waals surface area contributed by atoms with Crippen LogP contribution in [0.4, 0.5) is 0 Å². The third kappa shape index (κ3) is 6.99. The summed E-state index contributed by atoms with van der Waals surface area (Å²) < 4.78 is 18.5. The van der Waals surface area contributed by atoms with Crippen molar-refractivity contribution in [3.05, 3.63) is 12.2 Å². The molecule has 24 heavy (non-hydrogen) atoms. The molecule has 3 nitrogen and oxygen atoms in total. The molecular formula is C20H40O3Si. The van der Waals surface area contributed by atoms with Gasteiger partial charge in [0.1, 0.15) is 12.2 Å². The van der Waals surface area contributed by atoms with Crippen molar-refractivity contribution in [2.24, 2.45) is 0 Å². The van der Waals surface area contributed by atoms with Gasteiger partial charge in [0.15, 0.2) is 14.1 Å². The standard InChI is InChI=1S/C20H40O3Si/c1-9-10-11-12-13-14-15-17-18(23-20(5,6)22-17)16-21-24(7,8)19(2,3)4/h14-15,17-18H,9-13,16H2,1-8H3/b15-14+/t17?,18-/m1/s1. The predicted octanol–water partition coefficient (Wildman–Crippen LogP) is 6.05. The first kappa shape index (κ1) is 21.9. The fourth-order valence-electron chi connectivity index (χ4n) is 2.58. The van der Waals surface area contributed by atoms with Crippen molar-refractivity contribution < 1.29 is 13.9 Å². The van der Waals surface area contributed by atoms with Crippen LogP contribution < -0.4 is 0 Å². The first-order valence-corrected chi connectivity index (χ1v) is 12.6. The van der Waals surface area contributed by atoms with Crippen molar-refractivity contribution in [3.63, 3.8) is 0 Å². The van der Waals surface area contributed by atoms with Crippen molar-refractivity contribution >= 4 is 8.32 Å². The highest BCUT2D eigenvalue weighted by Gasteiger charge is 2.43. The van der Waals surface area contributed by atoms with Crippen LogP contribution in [0, 0.1) is 0 Å². The molecule has 0 bridgehead atoms. The number of hydrogen-bond acceptors (Lipinski definition) is 3. The molecule has 1 heterocycles. The molecule has 0 amide bonds. The zero-order valence-corrected chi connectivity index (χ0v) is 18.3. The fourth-order valence-corrected chi connectivity index (χ4v) is 3.60. The fraction of sp³-hybridized carbons (Fsp3) is 0.900. The van der Waals surface area contributed by atoms with Gasteiger partial charge in [0.05, 0.1) is 6.61 Å². The van der Waals surface area contributed by atoms with Crippen LogP contribution in [-0.4, -0.2) is 32.9 Å². The number of ether oxygens (including phenoxy) is 2. The van der Waals surface area contributed by atoms with E-state index in [-0.39, 0.29) is 17.2 Å². The highest BCUT2D eigenvalue weighted by Crippen LogP contribution is 2.38. The second-order valence-electron chi connectivity index (χ2n) is 8.99. The van der Waals surface area contributed by atoms with Gasteiger partial charge in [0, 0.05) is 0 Å². The minimum absolute atomic E-state index is 0.00376. The molecule has 0 N–H and O–H groups in total. The lowest BCUT2D eigenvalue weighted by Crippen LogP contribution is -2.43. The summed E-state index contributed by atoms with van der Waals surface area (Å²) in [6.07, 6.45) is 10.7. The summed E-state index contributed by atoms with van der Waals surface area (Å²) >= 11 is 0. The molecule has 1 saturated heterocycles. The Morgan fingerprint density at radius 2 is 1.75 bits per heavy atom. The maximum atomic E-state index is 6.36. The number of rotatable bonds is 9. The van der Waals surface area contributed by atoms with E-state index < -0.39 is 14.1 Å². The Bertz CT molecular complexity index is 396. The van der Waals surface area contributed by atoms with Gasteiger partial charge in [-0.25, -0.2) is 0 Å². The predicted molar refractivity (Wildman–Crippen MR) is 105 cm³/mol. The third-order valence-corrected chi connectivity index (χ3v) is 9.69. The van der Waals surface area contributed by atoms with E-state index >= 15 is 0 Å². The van der Waals surface area contributed by atoms with Gasteiger partial charge in [0.25, 0.3) is 0 Å². The highest BCUT2D eigenvalue weighted by molar-refractivity contribution is 6.74. The maximum Gasteiger partial charge on any atom is 0.192 e. The molecule has 142 valence electrons. The van der Waals surface area contributed by atoms with Gasteiger partial charge in [-0.1, -0.05) is 59.1 Å². The molecule has 1 aliphatic rings. The molecule has 1 fully saturated rings. The first-order valence-electron chi connectivity index (χ1n) is 9.65. The maximum absolute atomic E-state index is 6.36. The van der Waals surface area contributed by atoms with Crippen LogP contribution >= 0.6 is 0 Å². The quantitative estimate of drug-likeness (QED) is 0.286. The number of hydrogen-bond donors (Lipinski definition) is 0. The van der Waals surface area contributed by atoms with Crippen molar-refractivity contribution in [1.29, 1.82) is 0 Å². The Hall–Kier alpha value is -0.163. The third-order valence-electron chi connectivity index (χ3n) is 5.19. The van der Waals surface area contributed by atoms with Gasteiger partial charge in [-0.3, -0.25) is 0 Å². The monoisotopic (exact) mass is 356 g/mol. The molecular weight excluding hydrogens is 316 g/mol. The van der Waals surface area contributed by atoms with Gasteiger partial charge in [-0.15, -0.1) is 0 Å². The van der Waals surface area contributed by atoms with E-state index in [0.29, 0.717) is 6.61 Å². The molecule has 0 aliphatic carbocycles. The lowest BCUT2D eigenvalue weighted by Gasteiger charge is -2.37. The molecule has 1 aliphatic heterocycles. The molecule has 0 radical (unpaired) electrons. The molecule has 0 aromatic heterocycles. The van der Waals surface area contributed by atoms with E-state index in [1.165, 1.54) is 25.7 Å². The minimum atomic E-state index is -1.76. The van der Waals surface area contributed by atoms with E-state index in [4.69, 9.17) is 13.9 Å². The molecule has 0 aromatic rings. The second kappa shape index (κ2) is 8.97. The van der Waals surface area contributed by atoms with Crippen LogP contribution in [-0.2, 0) is 13.9 Å². The van der Waals surface area contributed by atoms with E-state index in [2.05, 4.69) is 52.9 Å². The van der Waals surface area contributed by atoms with Crippen LogP contribution in [0.2, 0.25) is 18.1 Å². The zero-order valence-electron chi connectivity index (χ0n) is 17.3. The van der Waals surface area contributed by atoms with Gasteiger partial charge < -0.3 is 13.9 Å². The molecule has 1 rings (SSSR count). The summed E-state index contributed by atoms with van der Waals surface area (Å²) in [5.74, 6) is -0.529. The molecule has 1 unspecified atom stereocenters. The van der Waals surface area contributed by atoms with Crippen molar-refractivity contribution in [2.75, 3.05) is 6.61 Å². The van der Waals surface area contributed by atoms with Crippen LogP contribution in [0.25, 0.3) is 0 Å². The normalized spacial score (nSPS) is 24.8. The highest BCUT2D eigenvalue weighted by atomic mass is 28.4. The number of allylic oxidation sites excluding steroid dienone is 1. The molecule has 2 atom stereocenters. The second-order valence-corrected chi connectivity index (χ2v) is 13.8. The average Bonchev–Trinajstić information content (AvgIpc) is 2.74. The lowest BCUT2D eigenvalue weighted by atomic mass is 10.1. The Balaban J connectivity index is 2.55. The topological polar surface area (TPSA) is 27.7 Å². The summed E-state index contributed by atoms with van der Waals surface area (Å²) in [5, 5.41) is 0.215. The Morgan fingerprint density at radius 1 is 1.08 bits per heavy atom. The van der Waals surface area contributed by atoms with E-state index in [9.17, 15) is 0 Å². The van der Waals surface area contributed by atoms with Gasteiger partial charge in [-0.2, -0.15) is 0 Å². The van der Waals surface area contributed by atoms with Crippen molar-refractivity contribution in [1.82, 2.24) is 0 Å². The van der Waals surface area contributed by atoms with Gasteiger partial charge in [-0.05, 0) is 44.8 Å². The Labute approximate surface area is 151 Å². The largest absolute Gasteiger partial charge is 0.414 e. The molecule has 0 saturated carbocycles. The van der Waals surface area contributed by atoms with Gasteiger partial charge in [0.2, 0.25) is 0 Å². The first-order chi connectivity index (χ1) is 11.0. The SMILES string of the molecule is CCCCCC/C=C/C1OC(C)(C)O[C@@H]1CO[Si](C)(C)C(C)(C)C. The minimum Gasteiger partial charge on any atom is -0.414 e. The summed E-state index contributed by atoms with van der Waals surface area (Å²) in [6, 6.07) is 0.